The number of halogens is 3. The van der Waals surface area contributed by atoms with E-state index in [1.165, 1.54) is 17.5 Å². The van der Waals surface area contributed by atoms with Crippen LogP contribution in [0.3, 0.4) is 0 Å². The molecule has 5 aromatic carbocycles. The van der Waals surface area contributed by atoms with E-state index in [1.54, 1.807) is 24.3 Å². The quantitative estimate of drug-likeness (QED) is 0.0867. The second kappa shape index (κ2) is 16.3. The van der Waals surface area contributed by atoms with Crippen LogP contribution < -0.4 is 15.1 Å². The van der Waals surface area contributed by atoms with Crippen LogP contribution in [0.25, 0.3) is 10.9 Å². The highest BCUT2D eigenvalue weighted by Gasteiger charge is 2.50. The Morgan fingerprint density at radius 3 is 1.98 bits per heavy atom. The molecule has 5 nitrogen and oxygen atoms in total. The predicted molar refractivity (Wildman–Crippen MR) is 217 cm³/mol. The van der Waals surface area contributed by atoms with Crippen LogP contribution >= 0.6 is 34.8 Å². The molecule has 0 atom stereocenters. The fourth-order valence-electron chi connectivity index (χ4n) is 7.15. The minimum Gasteiger partial charge on any atom is -0.493 e. The van der Waals surface area contributed by atoms with Crippen LogP contribution in [0.1, 0.15) is 48.0 Å². The van der Waals surface area contributed by atoms with Crippen molar-refractivity contribution < 1.29 is 18.7 Å². The molecule has 0 saturated heterocycles. The molecule has 1 heterocycles. The largest absolute Gasteiger partial charge is 0.493 e. The Hall–Kier alpha value is -4.04. The molecule has 0 bridgehead atoms. The van der Waals surface area contributed by atoms with Gasteiger partial charge in [-0.1, -0.05) is 122 Å². The fourth-order valence-corrected chi connectivity index (χ4v) is 12.2. The number of ether oxygens (including phenoxy) is 2. The number of rotatable bonds is 13. The van der Waals surface area contributed by atoms with Crippen LogP contribution in [0, 0.1) is 0 Å². The summed E-state index contributed by atoms with van der Waals surface area (Å²) in [6.07, 6.45) is 1.28. The summed E-state index contributed by atoms with van der Waals surface area (Å²) in [4.78, 5) is 11.9. The van der Waals surface area contributed by atoms with Crippen LogP contribution in [-0.2, 0) is 28.5 Å². The van der Waals surface area contributed by atoms with Crippen LogP contribution in [-0.4, -0.2) is 39.2 Å². The molecule has 0 spiro atoms. The molecule has 6 rings (SSSR count). The Morgan fingerprint density at radius 2 is 1.38 bits per heavy atom. The predicted octanol–water partition coefficient (Wildman–Crippen LogP) is 10.2. The molecule has 0 radical (unpaired) electrons. The van der Waals surface area contributed by atoms with Gasteiger partial charge in [-0.25, -0.2) is 4.79 Å². The maximum absolute atomic E-state index is 11.9. The average Bonchev–Trinajstić information content (AvgIpc) is 3.42. The number of hydrogen-bond acceptors (Lipinski definition) is 4. The second-order valence-corrected chi connectivity index (χ2v) is 19.4. The van der Waals surface area contributed by atoms with Crippen molar-refractivity contribution in [1.82, 2.24) is 4.57 Å². The van der Waals surface area contributed by atoms with E-state index in [4.69, 9.17) is 48.7 Å². The number of carbonyl (C=O) groups is 1. The van der Waals surface area contributed by atoms with Gasteiger partial charge in [0.1, 0.15) is 5.75 Å². The zero-order valence-electron chi connectivity index (χ0n) is 29.8. The molecule has 52 heavy (non-hydrogen) atoms. The first-order chi connectivity index (χ1) is 25.0. The van der Waals surface area contributed by atoms with E-state index in [0.29, 0.717) is 59.0 Å². The third-order valence-electron chi connectivity index (χ3n) is 9.54. The summed E-state index contributed by atoms with van der Waals surface area (Å²) in [6, 6.07) is 40.2. The maximum Gasteiger partial charge on any atom is 0.337 e. The van der Waals surface area contributed by atoms with Crippen molar-refractivity contribution in [3.05, 3.63) is 159 Å². The van der Waals surface area contributed by atoms with Crippen LogP contribution in [0.2, 0.25) is 20.1 Å². The Balaban J connectivity index is 1.39. The van der Waals surface area contributed by atoms with Crippen LogP contribution in [0.5, 0.6) is 5.75 Å². The third kappa shape index (κ3) is 7.97. The molecule has 9 heteroatoms. The summed E-state index contributed by atoms with van der Waals surface area (Å²) in [5.41, 5.74) is 4.86. The van der Waals surface area contributed by atoms with Gasteiger partial charge in [0.25, 0.3) is 8.32 Å². The first-order valence-electron chi connectivity index (χ1n) is 17.3. The summed E-state index contributed by atoms with van der Waals surface area (Å²) < 4.78 is 20.8. The summed E-state index contributed by atoms with van der Waals surface area (Å²) in [5.74, 6) is 0.282. The molecule has 1 aromatic heterocycles. The van der Waals surface area contributed by atoms with Crippen molar-refractivity contribution in [1.29, 1.82) is 0 Å². The summed E-state index contributed by atoms with van der Waals surface area (Å²) in [7, 11) is -1.41. The number of esters is 1. The lowest BCUT2D eigenvalue weighted by Gasteiger charge is -2.43. The van der Waals surface area contributed by atoms with Gasteiger partial charge in [-0.2, -0.15) is 0 Å². The van der Waals surface area contributed by atoms with E-state index in [2.05, 4.69) is 92.1 Å². The second-order valence-electron chi connectivity index (χ2n) is 13.8. The Labute approximate surface area is 322 Å². The number of benzene rings is 5. The van der Waals surface area contributed by atoms with E-state index in [0.717, 1.165) is 27.7 Å². The van der Waals surface area contributed by atoms with Gasteiger partial charge in [0, 0.05) is 47.6 Å². The van der Waals surface area contributed by atoms with Crippen molar-refractivity contribution >= 4 is 70.4 Å². The van der Waals surface area contributed by atoms with Gasteiger partial charge >= 0.3 is 5.97 Å². The molecular weight excluding hydrogens is 729 g/mol. The van der Waals surface area contributed by atoms with Gasteiger partial charge in [-0.15, -0.1) is 0 Å². The molecule has 0 unspecified atom stereocenters. The lowest BCUT2D eigenvalue weighted by molar-refractivity contribution is 0.0600. The number of carbonyl (C=O) groups excluding carboxylic acids is 1. The van der Waals surface area contributed by atoms with E-state index in [9.17, 15) is 4.79 Å². The summed E-state index contributed by atoms with van der Waals surface area (Å²) in [5, 5.41) is 5.09. The van der Waals surface area contributed by atoms with E-state index < -0.39 is 8.32 Å². The number of aromatic nitrogens is 1. The zero-order chi connectivity index (χ0) is 36.9. The molecule has 0 saturated carbocycles. The molecule has 0 aliphatic carbocycles. The molecule has 0 amide bonds. The maximum atomic E-state index is 11.9. The van der Waals surface area contributed by atoms with Gasteiger partial charge in [-0.05, 0) is 81.1 Å². The van der Waals surface area contributed by atoms with Crippen LogP contribution in [0.4, 0.5) is 0 Å². The van der Waals surface area contributed by atoms with Crippen LogP contribution in [0.15, 0.2) is 121 Å². The molecule has 268 valence electrons. The normalized spacial score (nSPS) is 11.9. The first kappa shape index (κ1) is 37.7. The van der Waals surface area contributed by atoms with Gasteiger partial charge in [0.2, 0.25) is 0 Å². The van der Waals surface area contributed by atoms with Gasteiger partial charge in [-0.3, -0.25) is 0 Å². The van der Waals surface area contributed by atoms with Gasteiger partial charge in [0.05, 0.1) is 29.3 Å². The van der Waals surface area contributed by atoms with Crippen molar-refractivity contribution in [2.24, 2.45) is 0 Å². The Kier molecular flexibility index (Phi) is 11.8. The molecule has 6 aromatic rings. The number of methoxy groups -OCH3 is 1. The van der Waals surface area contributed by atoms with E-state index in [1.807, 2.05) is 30.3 Å². The van der Waals surface area contributed by atoms with E-state index >= 15 is 0 Å². The van der Waals surface area contributed by atoms with Gasteiger partial charge < -0.3 is 18.5 Å². The zero-order valence-corrected chi connectivity index (χ0v) is 33.1. The lowest BCUT2D eigenvalue weighted by Crippen LogP contribution is -2.66. The Bertz CT molecular complexity index is 2110. The SMILES string of the molecule is COC(=O)c1ccc(OCCc2c(CCO[Si](c3ccccc3)(c3ccccc3)C(C)(C)C)n(Cc3ccc(Cl)c(Cl)c3)c3ccc(Cl)cc23)cc1. The third-order valence-corrected chi connectivity index (χ3v) is 15.6. The molecule has 0 aliphatic rings. The fraction of sp³-hybridized carbons (Fsp3) is 0.233. The molecular formula is C43H42Cl3NO4Si. The minimum absolute atomic E-state index is 0.157. The number of hydrogen-bond donors (Lipinski definition) is 0. The smallest absolute Gasteiger partial charge is 0.337 e. The molecule has 0 N–H and O–H groups in total. The highest BCUT2D eigenvalue weighted by atomic mass is 35.5. The van der Waals surface area contributed by atoms with Crippen molar-refractivity contribution in [3.8, 4) is 5.75 Å². The molecule has 0 aliphatic heterocycles. The topological polar surface area (TPSA) is 49.7 Å². The summed E-state index contributed by atoms with van der Waals surface area (Å²) in [6.45, 7) is 8.38. The highest BCUT2D eigenvalue weighted by Crippen LogP contribution is 2.38. The lowest BCUT2D eigenvalue weighted by atomic mass is 10.1. The molecule has 0 fully saturated rings. The van der Waals surface area contributed by atoms with Crippen molar-refractivity contribution in [2.45, 2.75) is 45.2 Å². The van der Waals surface area contributed by atoms with E-state index in [-0.39, 0.29) is 11.0 Å². The average molecular weight is 771 g/mol. The van der Waals surface area contributed by atoms with Gasteiger partial charge in [0.15, 0.2) is 0 Å². The number of nitrogens with zero attached hydrogens (tertiary/aromatic N) is 1. The van der Waals surface area contributed by atoms with Crippen molar-refractivity contribution in [2.75, 3.05) is 20.3 Å². The minimum atomic E-state index is -2.78. The van der Waals surface area contributed by atoms with Crippen molar-refractivity contribution in [3.63, 3.8) is 0 Å². The monoisotopic (exact) mass is 769 g/mol. The highest BCUT2D eigenvalue weighted by molar-refractivity contribution is 6.99. The Morgan fingerprint density at radius 1 is 0.731 bits per heavy atom. The number of fused-ring (bicyclic) bond motifs is 1. The standard InChI is InChI=1S/C43H42Cl3NO4Si/c1-43(2,3)52(34-11-7-5-8-12-34,35-13-9-6-10-14-35)51-26-24-41-36(23-25-50-33-19-16-31(17-20-33)42(48)49-4)37-28-32(44)18-22-40(37)47(41)29-30-15-21-38(45)39(46)27-30/h5-22,27-28H,23-26,29H2,1-4H3. The summed E-state index contributed by atoms with van der Waals surface area (Å²) >= 11 is 19.5. The first-order valence-corrected chi connectivity index (χ1v) is 20.4.